The minimum atomic E-state index is -0.206. The molecular formula is C13H16BrNO3. The fraction of sp³-hybridized carbons (Fsp3) is 0.462. The minimum Gasteiger partial charge on any atom is -0.496 e. The zero-order chi connectivity index (χ0) is 13.0. The molecule has 2 rings (SSSR count). The third-order valence-corrected chi connectivity index (χ3v) is 3.41. The molecule has 5 heteroatoms. The zero-order valence-corrected chi connectivity index (χ0v) is 11.8. The number of carbonyl (C=O) groups excluding carboxylic acids is 1. The maximum Gasteiger partial charge on any atom is 0.156 e. The molecule has 0 bridgehead atoms. The van der Waals surface area contributed by atoms with Gasteiger partial charge in [0, 0.05) is 23.0 Å². The van der Waals surface area contributed by atoms with Gasteiger partial charge in [0.15, 0.2) is 5.78 Å². The van der Waals surface area contributed by atoms with Gasteiger partial charge in [0.05, 0.1) is 26.4 Å². The molecule has 4 nitrogen and oxygen atoms in total. The quantitative estimate of drug-likeness (QED) is 0.916. The summed E-state index contributed by atoms with van der Waals surface area (Å²) in [4.78, 5) is 12.1. The molecule has 1 aromatic rings. The molecule has 0 aliphatic carbocycles. The number of ketones is 1. The van der Waals surface area contributed by atoms with Crippen molar-refractivity contribution in [1.82, 2.24) is 5.32 Å². The van der Waals surface area contributed by atoms with E-state index in [0.29, 0.717) is 19.6 Å². The summed E-state index contributed by atoms with van der Waals surface area (Å²) in [6.07, 6.45) is 0.351. The van der Waals surface area contributed by atoms with Gasteiger partial charge in [-0.2, -0.15) is 0 Å². The van der Waals surface area contributed by atoms with E-state index in [9.17, 15) is 4.79 Å². The molecule has 1 aliphatic rings. The molecule has 1 aromatic carbocycles. The van der Waals surface area contributed by atoms with Crippen LogP contribution in [0.1, 0.15) is 5.56 Å². The van der Waals surface area contributed by atoms with Crippen molar-refractivity contribution in [1.29, 1.82) is 0 Å². The molecule has 0 spiro atoms. The lowest BCUT2D eigenvalue weighted by Gasteiger charge is -2.22. The van der Waals surface area contributed by atoms with Crippen LogP contribution in [0.4, 0.5) is 0 Å². The van der Waals surface area contributed by atoms with E-state index in [0.717, 1.165) is 22.3 Å². The Morgan fingerprint density at radius 2 is 2.44 bits per heavy atom. The number of halogens is 1. The normalized spacial score (nSPS) is 19.6. The predicted molar refractivity (Wildman–Crippen MR) is 72.0 cm³/mol. The number of morpholine rings is 1. The summed E-state index contributed by atoms with van der Waals surface area (Å²) < 4.78 is 11.5. The van der Waals surface area contributed by atoms with Crippen LogP contribution in [0.25, 0.3) is 0 Å². The maximum absolute atomic E-state index is 12.1. The second-order valence-electron chi connectivity index (χ2n) is 4.18. The highest BCUT2D eigenvalue weighted by molar-refractivity contribution is 9.10. The van der Waals surface area contributed by atoms with Gasteiger partial charge in [-0.25, -0.2) is 0 Å². The molecule has 0 aromatic heterocycles. The first-order valence-corrected chi connectivity index (χ1v) is 6.66. The number of rotatable bonds is 4. The van der Waals surface area contributed by atoms with Crippen molar-refractivity contribution in [3.8, 4) is 5.75 Å². The number of hydrogen-bond acceptors (Lipinski definition) is 4. The summed E-state index contributed by atoms with van der Waals surface area (Å²) in [5, 5.41) is 3.16. The first-order valence-electron chi connectivity index (χ1n) is 5.87. The largest absolute Gasteiger partial charge is 0.496 e. The van der Waals surface area contributed by atoms with Gasteiger partial charge in [0.2, 0.25) is 0 Å². The first-order chi connectivity index (χ1) is 8.70. The standard InChI is InChI=1S/C13H16BrNO3/c1-17-13-3-2-10(14)6-9(13)7-12(16)11-8-18-5-4-15-11/h2-3,6,11,15H,4-5,7-8H2,1H3. The second kappa shape index (κ2) is 6.31. The lowest BCUT2D eigenvalue weighted by Crippen LogP contribution is -2.47. The zero-order valence-electron chi connectivity index (χ0n) is 10.2. The first kappa shape index (κ1) is 13.5. The molecule has 98 valence electrons. The molecule has 0 amide bonds. The Kier molecular flexibility index (Phi) is 4.74. The van der Waals surface area contributed by atoms with E-state index in [-0.39, 0.29) is 11.8 Å². The van der Waals surface area contributed by atoms with Crippen LogP contribution in [0.15, 0.2) is 22.7 Å². The number of methoxy groups -OCH3 is 1. The smallest absolute Gasteiger partial charge is 0.156 e. The van der Waals surface area contributed by atoms with Gasteiger partial charge in [-0.3, -0.25) is 4.79 Å². The summed E-state index contributed by atoms with van der Waals surface area (Å²) in [7, 11) is 1.61. The fourth-order valence-electron chi connectivity index (χ4n) is 1.97. The van der Waals surface area contributed by atoms with Crippen LogP contribution in [0.2, 0.25) is 0 Å². The third kappa shape index (κ3) is 3.31. The molecule has 1 atom stereocenters. The molecule has 1 fully saturated rings. The monoisotopic (exact) mass is 313 g/mol. The summed E-state index contributed by atoms with van der Waals surface area (Å²) in [5.74, 6) is 0.870. The average Bonchev–Trinajstić information content (AvgIpc) is 2.40. The summed E-state index contributed by atoms with van der Waals surface area (Å²) in [6.45, 7) is 1.85. The van der Waals surface area contributed by atoms with E-state index in [1.54, 1.807) is 7.11 Å². The molecule has 18 heavy (non-hydrogen) atoms. The molecule has 1 saturated heterocycles. The van der Waals surface area contributed by atoms with Gasteiger partial charge in [0.25, 0.3) is 0 Å². The topological polar surface area (TPSA) is 47.6 Å². The Hall–Kier alpha value is -0.910. The number of benzene rings is 1. The highest BCUT2D eigenvalue weighted by Crippen LogP contribution is 2.23. The van der Waals surface area contributed by atoms with Gasteiger partial charge in [-0.1, -0.05) is 15.9 Å². The van der Waals surface area contributed by atoms with E-state index in [2.05, 4.69) is 21.2 Å². The van der Waals surface area contributed by atoms with Crippen LogP contribution in [0.5, 0.6) is 5.75 Å². The van der Waals surface area contributed by atoms with Gasteiger partial charge >= 0.3 is 0 Å². The fourth-order valence-corrected chi connectivity index (χ4v) is 2.38. The number of nitrogens with one attached hydrogen (secondary N) is 1. The minimum absolute atomic E-state index is 0.131. The molecule has 1 unspecified atom stereocenters. The van der Waals surface area contributed by atoms with Crippen molar-refractivity contribution in [2.75, 3.05) is 26.9 Å². The van der Waals surface area contributed by atoms with Crippen LogP contribution < -0.4 is 10.1 Å². The van der Waals surface area contributed by atoms with Crippen molar-refractivity contribution in [2.24, 2.45) is 0 Å². The number of Topliss-reactive ketones (excluding diaryl/α,β-unsaturated/α-hetero) is 1. The van der Waals surface area contributed by atoms with Gasteiger partial charge in [0.1, 0.15) is 5.75 Å². The lowest BCUT2D eigenvalue weighted by atomic mass is 10.0. The number of hydrogen-bond donors (Lipinski definition) is 1. The summed E-state index contributed by atoms with van der Waals surface area (Å²) in [6, 6.07) is 5.47. The van der Waals surface area contributed by atoms with Gasteiger partial charge in [-0.05, 0) is 18.2 Å². The Balaban J connectivity index is 2.07. The summed E-state index contributed by atoms with van der Waals surface area (Å²) in [5.41, 5.74) is 0.893. The van der Waals surface area contributed by atoms with Crippen molar-refractivity contribution in [2.45, 2.75) is 12.5 Å². The van der Waals surface area contributed by atoms with E-state index in [4.69, 9.17) is 9.47 Å². The Morgan fingerprint density at radius 3 is 3.11 bits per heavy atom. The van der Waals surface area contributed by atoms with Crippen LogP contribution in [0.3, 0.4) is 0 Å². The van der Waals surface area contributed by atoms with Crippen molar-refractivity contribution in [3.63, 3.8) is 0 Å². The van der Waals surface area contributed by atoms with E-state index in [1.165, 1.54) is 0 Å². The predicted octanol–water partition coefficient (Wildman–Crippen LogP) is 1.56. The van der Waals surface area contributed by atoms with Gasteiger partial charge < -0.3 is 14.8 Å². The molecule has 1 N–H and O–H groups in total. The Morgan fingerprint density at radius 1 is 1.61 bits per heavy atom. The molecule has 1 heterocycles. The Labute approximate surface area is 115 Å². The highest BCUT2D eigenvalue weighted by atomic mass is 79.9. The molecular weight excluding hydrogens is 298 g/mol. The van der Waals surface area contributed by atoms with Crippen LogP contribution in [-0.2, 0) is 16.0 Å². The second-order valence-corrected chi connectivity index (χ2v) is 5.10. The highest BCUT2D eigenvalue weighted by Gasteiger charge is 2.22. The number of ether oxygens (including phenoxy) is 2. The molecule has 0 radical (unpaired) electrons. The van der Waals surface area contributed by atoms with Crippen LogP contribution in [0, 0.1) is 0 Å². The molecule has 1 aliphatic heterocycles. The van der Waals surface area contributed by atoms with Crippen LogP contribution >= 0.6 is 15.9 Å². The van der Waals surface area contributed by atoms with Gasteiger partial charge in [-0.15, -0.1) is 0 Å². The third-order valence-electron chi connectivity index (χ3n) is 2.92. The number of carbonyl (C=O) groups is 1. The van der Waals surface area contributed by atoms with Crippen molar-refractivity contribution in [3.05, 3.63) is 28.2 Å². The van der Waals surface area contributed by atoms with Crippen LogP contribution in [-0.4, -0.2) is 38.7 Å². The Bertz CT molecular complexity index is 430. The van der Waals surface area contributed by atoms with E-state index >= 15 is 0 Å². The summed E-state index contributed by atoms with van der Waals surface area (Å²) >= 11 is 3.40. The van der Waals surface area contributed by atoms with E-state index in [1.807, 2.05) is 18.2 Å². The average molecular weight is 314 g/mol. The SMILES string of the molecule is COc1ccc(Br)cc1CC(=O)C1COCCN1. The van der Waals surface area contributed by atoms with Crippen molar-refractivity contribution < 1.29 is 14.3 Å². The lowest BCUT2D eigenvalue weighted by molar-refractivity contribution is -0.123. The van der Waals surface area contributed by atoms with E-state index < -0.39 is 0 Å². The van der Waals surface area contributed by atoms with Crippen molar-refractivity contribution >= 4 is 21.7 Å². The maximum atomic E-state index is 12.1. The molecule has 0 saturated carbocycles.